The molecule has 0 saturated heterocycles. The van der Waals surface area contributed by atoms with Gasteiger partial charge in [0.25, 0.3) is 5.91 Å². The number of Topliss-reactive ketones (excluding diaryl/α,β-unsaturated/α-hetero) is 1. The molecule has 1 amide bonds. The van der Waals surface area contributed by atoms with Gasteiger partial charge in [0.15, 0.2) is 5.78 Å². The lowest BCUT2D eigenvalue weighted by Crippen LogP contribution is -2.31. The third kappa shape index (κ3) is 4.67. The molecule has 0 spiro atoms. The predicted molar refractivity (Wildman–Crippen MR) is 89.5 cm³/mol. The van der Waals surface area contributed by atoms with Gasteiger partial charge in [0.05, 0.1) is 11.3 Å². The third-order valence-electron chi connectivity index (χ3n) is 3.71. The molecule has 1 aliphatic rings. The zero-order valence-electron chi connectivity index (χ0n) is 13.9. The second kappa shape index (κ2) is 7.18. The van der Waals surface area contributed by atoms with Crippen LogP contribution in [0.15, 0.2) is 47.2 Å². The molecule has 25 heavy (non-hydrogen) atoms. The van der Waals surface area contributed by atoms with Gasteiger partial charge in [-0.05, 0) is 35.8 Å². The summed E-state index contributed by atoms with van der Waals surface area (Å²) in [5.74, 6) is -1.64. The fourth-order valence-corrected chi connectivity index (χ4v) is 2.49. The second-order valence-corrected chi connectivity index (χ2v) is 6.56. The lowest BCUT2D eigenvalue weighted by Gasteiger charge is -2.28. The summed E-state index contributed by atoms with van der Waals surface area (Å²) in [6.07, 6.45) is 1.60. The average molecular weight is 343 g/mol. The van der Waals surface area contributed by atoms with E-state index in [1.54, 1.807) is 6.07 Å². The average Bonchev–Trinajstić information content (AvgIpc) is 2.52. The van der Waals surface area contributed by atoms with E-state index in [1.165, 1.54) is 24.3 Å². The molecule has 0 aromatic heterocycles. The molecular weight excluding hydrogens is 325 g/mol. The number of hydrogen-bond acceptors (Lipinski definition) is 5. The molecule has 3 N–H and O–H groups in total. The van der Waals surface area contributed by atoms with E-state index >= 15 is 0 Å². The number of benzene rings is 1. The summed E-state index contributed by atoms with van der Waals surface area (Å²) in [7, 11) is 0. The van der Waals surface area contributed by atoms with Crippen LogP contribution in [0.2, 0.25) is 0 Å². The van der Waals surface area contributed by atoms with Crippen molar-refractivity contribution in [3.8, 4) is 6.07 Å². The number of hydrogen-bond donors (Lipinski definition) is 3. The Morgan fingerprint density at radius 2 is 1.96 bits per heavy atom. The van der Waals surface area contributed by atoms with Gasteiger partial charge >= 0.3 is 0 Å². The van der Waals surface area contributed by atoms with E-state index in [-0.39, 0.29) is 34.5 Å². The Hall–Kier alpha value is -3.14. The van der Waals surface area contributed by atoms with Crippen LogP contribution >= 0.6 is 0 Å². The number of carbonyl (C=O) groups excluding carboxylic acids is 2. The Morgan fingerprint density at radius 3 is 2.52 bits per heavy atom. The first-order valence-corrected chi connectivity index (χ1v) is 7.61. The summed E-state index contributed by atoms with van der Waals surface area (Å²) in [6, 6.07) is 6.94. The normalized spacial score (nSPS) is 17.0. The second-order valence-electron chi connectivity index (χ2n) is 6.56. The molecule has 6 nitrogen and oxygen atoms in total. The van der Waals surface area contributed by atoms with Crippen LogP contribution in [-0.2, 0) is 9.59 Å². The highest BCUT2D eigenvalue weighted by molar-refractivity contribution is 6.04. The van der Waals surface area contributed by atoms with Crippen molar-refractivity contribution >= 4 is 17.4 Å². The predicted octanol–water partition coefficient (Wildman–Crippen LogP) is 2.92. The summed E-state index contributed by atoms with van der Waals surface area (Å²) in [5.41, 5.74) is 4.53. The van der Waals surface area contributed by atoms with Crippen LogP contribution in [0.3, 0.4) is 0 Å². The van der Waals surface area contributed by atoms with Gasteiger partial charge in [-0.3, -0.25) is 20.4 Å². The highest BCUT2D eigenvalue weighted by Gasteiger charge is 2.32. The number of carbonyl (C=O) groups is 2. The minimum Gasteiger partial charge on any atom is -0.512 e. The maximum absolute atomic E-state index is 12.8. The first-order chi connectivity index (χ1) is 11.7. The number of rotatable bonds is 4. The lowest BCUT2D eigenvalue weighted by atomic mass is 9.76. The van der Waals surface area contributed by atoms with Crippen LogP contribution in [0.1, 0.15) is 26.7 Å². The van der Waals surface area contributed by atoms with E-state index in [0.29, 0.717) is 12.1 Å². The number of hydrazine groups is 1. The lowest BCUT2D eigenvalue weighted by molar-refractivity contribution is -0.118. The minimum absolute atomic E-state index is 0.0205. The summed E-state index contributed by atoms with van der Waals surface area (Å²) in [6.45, 7) is 3.71. The van der Waals surface area contributed by atoms with Gasteiger partial charge in [-0.15, -0.1) is 0 Å². The van der Waals surface area contributed by atoms with Crippen LogP contribution < -0.4 is 10.9 Å². The molecular formula is C18H18FN3O3. The molecule has 2 rings (SSSR count). The molecule has 1 aliphatic carbocycles. The molecule has 0 fully saturated rings. The number of halogens is 1. The maximum atomic E-state index is 12.8. The molecule has 0 unspecified atom stereocenters. The largest absolute Gasteiger partial charge is 0.512 e. The van der Waals surface area contributed by atoms with Gasteiger partial charge in [0.1, 0.15) is 23.2 Å². The van der Waals surface area contributed by atoms with Gasteiger partial charge in [-0.1, -0.05) is 13.8 Å². The number of anilines is 1. The number of nitrogens with one attached hydrogen (secondary N) is 2. The van der Waals surface area contributed by atoms with E-state index < -0.39 is 11.7 Å². The van der Waals surface area contributed by atoms with Gasteiger partial charge < -0.3 is 5.11 Å². The number of allylic oxidation sites excluding steroid dienone is 3. The summed E-state index contributed by atoms with van der Waals surface area (Å²) in [5, 5.41) is 19.2. The first-order valence-electron chi connectivity index (χ1n) is 7.61. The van der Waals surface area contributed by atoms with Crippen molar-refractivity contribution in [2.75, 3.05) is 5.43 Å². The molecule has 1 aromatic carbocycles. The number of aliphatic hydroxyl groups is 1. The van der Waals surface area contributed by atoms with Crippen molar-refractivity contribution in [2.24, 2.45) is 5.41 Å². The standard InChI is InChI=1S/C18H18FN3O3/c1-18(2)8-15(23)14(16(24)9-18)7-11(10-20)17(25)22-21-13-5-3-12(19)4-6-13/h3-7,21,23H,8-9H2,1-2H3,(H,22,25)/b11-7+. The molecule has 7 heteroatoms. The Bertz CT molecular complexity index is 802. The highest BCUT2D eigenvalue weighted by atomic mass is 19.1. The Kier molecular flexibility index (Phi) is 5.22. The van der Waals surface area contributed by atoms with E-state index in [0.717, 1.165) is 6.08 Å². The van der Waals surface area contributed by atoms with Crippen molar-refractivity contribution in [3.05, 3.63) is 53.1 Å². The van der Waals surface area contributed by atoms with Crippen molar-refractivity contribution in [1.82, 2.24) is 5.43 Å². The van der Waals surface area contributed by atoms with Gasteiger partial charge in [-0.25, -0.2) is 4.39 Å². The molecule has 0 saturated carbocycles. The van der Waals surface area contributed by atoms with Crippen molar-refractivity contribution in [2.45, 2.75) is 26.7 Å². The molecule has 1 aromatic rings. The van der Waals surface area contributed by atoms with Crippen molar-refractivity contribution in [1.29, 1.82) is 5.26 Å². The highest BCUT2D eigenvalue weighted by Crippen LogP contribution is 2.36. The topological polar surface area (TPSA) is 102 Å². The number of aliphatic hydroxyl groups excluding tert-OH is 1. The van der Waals surface area contributed by atoms with Crippen LogP contribution in [0, 0.1) is 22.6 Å². The molecule has 0 aliphatic heterocycles. The van der Waals surface area contributed by atoms with Gasteiger partial charge in [0.2, 0.25) is 0 Å². The monoisotopic (exact) mass is 343 g/mol. The summed E-state index contributed by atoms with van der Waals surface area (Å²) in [4.78, 5) is 24.2. The number of amides is 1. The number of ketones is 1. The van der Waals surface area contributed by atoms with Gasteiger partial charge in [0, 0.05) is 12.8 Å². The number of nitriles is 1. The van der Waals surface area contributed by atoms with Crippen LogP contribution in [0.4, 0.5) is 10.1 Å². The first kappa shape index (κ1) is 18.2. The zero-order valence-corrected chi connectivity index (χ0v) is 13.9. The van der Waals surface area contributed by atoms with E-state index in [1.807, 2.05) is 13.8 Å². The smallest absolute Gasteiger partial charge is 0.280 e. The van der Waals surface area contributed by atoms with Crippen LogP contribution in [0.5, 0.6) is 0 Å². The summed E-state index contributed by atoms with van der Waals surface area (Å²) < 4.78 is 12.8. The van der Waals surface area contributed by atoms with E-state index in [9.17, 15) is 19.1 Å². The molecule has 0 atom stereocenters. The fourth-order valence-electron chi connectivity index (χ4n) is 2.49. The quantitative estimate of drug-likeness (QED) is 0.443. The Labute approximate surface area is 144 Å². The van der Waals surface area contributed by atoms with Crippen LogP contribution in [-0.4, -0.2) is 16.8 Å². The maximum Gasteiger partial charge on any atom is 0.280 e. The van der Waals surface area contributed by atoms with E-state index in [2.05, 4.69) is 10.9 Å². The third-order valence-corrected chi connectivity index (χ3v) is 3.71. The van der Waals surface area contributed by atoms with E-state index in [4.69, 9.17) is 5.26 Å². The van der Waals surface area contributed by atoms with Crippen molar-refractivity contribution in [3.63, 3.8) is 0 Å². The minimum atomic E-state index is -0.773. The molecule has 0 heterocycles. The number of nitrogens with zero attached hydrogens (tertiary/aromatic N) is 1. The van der Waals surface area contributed by atoms with Crippen molar-refractivity contribution < 1.29 is 19.1 Å². The SMILES string of the molecule is CC1(C)CC(=O)C(/C=C(\C#N)C(=O)NNc2ccc(F)cc2)=C(O)C1. The Morgan fingerprint density at radius 1 is 1.32 bits per heavy atom. The zero-order chi connectivity index (χ0) is 18.6. The summed E-state index contributed by atoms with van der Waals surface area (Å²) >= 11 is 0. The fraction of sp³-hybridized carbons (Fsp3) is 0.278. The van der Waals surface area contributed by atoms with Crippen LogP contribution in [0.25, 0.3) is 0 Å². The molecule has 0 bridgehead atoms. The molecule has 0 radical (unpaired) electrons. The van der Waals surface area contributed by atoms with Gasteiger partial charge in [-0.2, -0.15) is 5.26 Å². The molecule has 130 valence electrons. The Balaban J connectivity index is 2.14.